The summed E-state index contributed by atoms with van der Waals surface area (Å²) in [5.41, 5.74) is 0.0455. The zero-order valence-corrected chi connectivity index (χ0v) is 12.9. The van der Waals surface area contributed by atoms with Crippen LogP contribution in [0, 0.1) is 10.1 Å². The standard InChI is InChI=1S/C13H19N3O3S/c1-8-6-15(7-9(2)14(8)4)13-11(16(18)19)5-12(20-13)10(3)17/h5,8-9H,6-7H2,1-4H3. The lowest BCUT2D eigenvalue weighted by atomic mass is 10.1. The van der Waals surface area contributed by atoms with Crippen molar-refractivity contribution in [3.8, 4) is 0 Å². The van der Waals surface area contributed by atoms with Crippen molar-refractivity contribution in [3.63, 3.8) is 0 Å². The predicted molar refractivity (Wildman–Crippen MR) is 79.9 cm³/mol. The topological polar surface area (TPSA) is 66.7 Å². The maximum absolute atomic E-state index is 11.5. The third kappa shape index (κ3) is 2.69. The van der Waals surface area contributed by atoms with Crippen LogP contribution in [-0.2, 0) is 0 Å². The Morgan fingerprint density at radius 2 is 1.95 bits per heavy atom. The van der Waals surface area contributed by atoms with E-state index in [1.165, 1.54) is 24.3 Å². The highest BCUT2D eigenvalue weighted by molar-refractivity contribution is 7.18. The number of rotatable bonds is 3. The van der Waals surface area contributed by atoms with Gasteiger partial charge in [0.15, 0.2) is 10.8 Å². The molecule has 0 spiro atoms. The van der Waals surface area contributed by atoms with Gasteiger partial charge in [0.2, 0.25) is 0 Å². The summed E-state index contributed by atoms with van der Waals surface area (Å²) in [4.78, 5) is 27.0. The van der Waals surface area contributed by atoms with Crippen molar-refractivity contribution in [3.05, 3.63) is 21.1 Å². The van der Waals surface area contributed by atoms with Crippen LogP contribution in [0.1, 0.15) is 30.4 Å². The molecule has 0 aromatic carbocycles. The maximum atomic E-state index is 11.5. The Balaban J connectivity index is 2.36. The molecule has 1 aliphatic rings. The lowest BCUT2D eigenvalue weighted by Crippen LogP contribution is -2.54. The minimum Gasteiger partial charge on any atom is -0.355 e. The third-order valence-electron chi connectivity index (χ3n) is 3.88. The van der Waals surface area contributed by atoms with E-state index in [0.29, 0.717) is 22.0 Å². The van der Waals surface area contributed by atoms with Crippen molar-refractivity contribution >= 4 is 27.8 Å². The lowest BCUT2D eigenvalue weighted by Gasteiger charge is -2.42. The molecule has 1 aromatic rings. The normalized spacial score (nSPS) is 23.9. The molecular weight excluding hydrogens is 278 g/mol. The van der Waals surface area contributed by atoms with Crippen molar-refractivity contribution < 1.29 is 9.72 Å². The molecule has 2 unspecified atom stereocenters. The molecule has 2 atom stereocenters. The average molecular weight is 297 g/mol. The SMILES string of the molecule is CC(=O)c1cc([N+](=O)[O-])c(N2CC(C)N(C)C(C)C2)s1. The number of nitro groups is 1. The number of hydrogen-bond donors (Lipinski definition) is 0. The van der Waals surface area contributed by atoms with Gasteiger partial charge in [-0.3, -0.25) is 19.8 Å². The van der Waals surface area contributed by atoms with Crippen LogP contribution in [0.25, 0.3) is 0 Å². The molecule has 0 N–H and O–H groups in total. The number of carbonyl (C=O) groups excluding carboxylic acids is 1. The molecule has 0 saturated carbocycles. The molecule has 0 bridgehead atoms. The minimum atomic E-state index is -0.397. The second-order valence-electron chi connectivity index (χ2n) is 5.38. The molecule has 1 aromatic heterocycles. The summed E-state index contributed by atoms with van der Waals surface area (Å²) < 4.78 is 0. The van der Waals surface area contributed by atoms with Gasteiger partial charge in [-0.25, -0.2) is 0 Å². The van der Waals surface area contributed by atoms with E-state index in [1.54, 1.807) is 0 Å². The molecule has 6 nitrogen and oxygen atoms in total. The highest BCUT2D eigenvalue weighted by Crippen LogP contribution is 2.39. The van der Waals surface area contributed by atoms with Crippen molar-refractivity contribution in [2.45, 2.75) is 32.9 Å². The Kier molecular flexibility index (Phi) is 4.10. The summed E-state index contributed by atoms with van der Waals surface area (Å²) in [6.07, 6.45) is 0. The second-order valence-corrected chi connectivity index (χ2v) is 6.41. The molecule has 1 saturated heterocycles. The van der Waals surface area contributed by atoms with Gasteiger partial charge in [-0.05, 0) is 27.8 Å². The van der Waals surface area contributed by atoms with E-state index in [0.717, 1.165) is 13.1 Å². The smallest absolute Gasteiger partial charge is 0.304 e. The monoisotopic (exact) mass is 297 g/mol. The maximum Gasteiger partial charge on any atom is 0.304 e. The van der Waals surface area contributed by atoms with E-state index in [1.807, 2.05) is 4.90 Å². The fourth-order valence-electron chi connectivity index (χ4n) is 2.47. The first kappa shape index (κ1) is 14.9. The van der Waals surface area contributed by atoms with Gasteiger partial charge in [-0.15, -0.1) is 11.3 Å². The molecule has 2 heterocycles. The molecule has 0 aliphatic carbocycles. The van der Waals surface area contributed by atoms with Gasteiger partial charge in [0, 0.05) is 31.2 Å². The number of anilines is 1. The van der Waals surface area contributed by atoms with Gasteiger partial charge in [-0.1, -0.05) is 0 Å². The van der Waals surface area contributed by atoms with Gasteiger partial charge < -0.3 is 4.90 Å². The van der Waals surface area contributed by atoms with Crippen LogP contribution >= 0.6 is 11.3 Å². The third-order valence-corrected chi connectivity index (χ3v) is 5.17. The lowest BCUT2D eigenvalue weighted by molar-refractivity contribution is -0.383. The quantitative estimate of drug-likeness (QED) is 0.487. The summed E-state index contributed by atoms with van der Waals surface area (Å²) in [6.45, 7) is 7.12. The molecule has 2 rings (SSSR count). The Morgan fingerprint density at radius 1 is 1.40 bits per heavy atom. The molecule has 1 fully saturated rings. The zero-order chi connectivity index (χ0) is 15.0. The van der Waals surface area contributed by atoms with E-state index < -0.39 is 4.92 Å². The molecule has 1 aliphatic heterocycles. The summed E-state index contributed by atoms with van der Waals surface area (Å²) in [5, 5.41) is 11.8. The largest absolute Gasteiger partial charge is 0.355 e. The van der Waals surface area contributed by atoms with Crippen molar-refractivity contribution in [2.24, 2.45) is 0 Å². The molecule has 0 amide bonds. The van der Waals surface area contributed by atoms with Crippen LogP contribution in [0.5, 0.6) is 0 Å². The van der Waals surface area contributed by atoms with Crippen LogP contribution in [0.2, 0.25) is 0 Å². The Labute approximate surface area is 122 Å². The van der Waals surface area contributed by atoms with E-state index in [2.05, 4.69) is 25.8 Å². The van der Waals surface area contributed by atoms with Gasteiger partial charge in [0.25, 0.3) is 0 Å². The van der Waals surface area contributed by atoms with Crippen molar-refractivity contribution in [2.75, 3.05) is 25.0 Å². The number of likely N-dealkylation sites (N-methyl/N-ethyl adjacent to an activating group) is 1. The summed E-state index contributed by atoms with van der Waals surface area (Å²) >= 11 is 1.22. The van der Waals surface area contributed by atoms with Crippen LogP contribution in [0.3, 0.4) is 0 Å². The zero-order valence-electron chi connectivity index (χ0n) is 12.1. The molecule has 0 radical (unpaired) electrons. The average Bonchev–Trinajstić information content (AvgIpc) is 2.80. The first-order chi connectivity index (χ1) is 9.31. The van der Waals surface area contributed by atoms with E-state index in [9.17, 15) is 14.9 Å². The Morgan fingerprint density at radius 3 is 2.40 bits per heavy atom. The number of thiophene rings is 1. The predicted octanol–water partition coefficient (Wildman–Crippen LogP) is 2.39. The first-order valence-electron chi connectivity index (χ1n) is 6.57. The molecule has 20 heavy (non-hydrogen) atoms. The van der Waals surface area contributed by atoms with E-state index >= 15 is 0 Å². The van der Waals surface area contributed by atoms with E-state index in [4.69, 9.17) is 0 Å². The second kappa shape index (κ2) is 5.49. The Hall–Kier alpha value is -1.47. The number of hydrogen-bond acceptors (Lipinski definition) is 6. The fourth-order valence-corrected chi connectivity index (χ4v) is 3.51. The van der Waals surface area contributed by atoms with Crippen LogP contribution in [-0.4, -0.2) is 47.8 Å². The van der Waals surface area contributed by atoms with Crippen molar-refractivity contribution in [1.82, 2.24) is 4.90 Å². The number of carbonyl (C=O) groups is 1. The highest BCUT2D eigenvalue weighted by atomic mass is 32.1. The number of ketones is 1. The number of nitrogens with zero attached hydrogens (tertiary/aromatic N) is 3. The summed E-state index contributed by atoms with van der Waals surface area (Å²) in [7, 11) is 2.07. The van der Waals surface area contributed by atoms with Gasteiger partial charge in [-0.2, -0.15) is 0 Å². The molecule has 7 heteroatoms. The van der Waals surface area contributed by atoms with E-state index in [-0.39, 0.29) is 11.5 Å². The highest BCUT2D eigenvalue weighted by Gasteiger charge is 2.32. The Bertz CT molecular complexity index is 531. The van der Waals surface area contributed by atoms with Gasteiger partial charge >= 0.3 is 5.69 Å². The summed E-state index contributed by atoms with van der Waals surface area (Å²) in [5.74, 6) is -0.125. The van der Waals surface area contributed by atoms with Crippen LogP contribution in [0.15, 0.2) is 6.07 Å². The number of Topliss-reactive ketones (excluding diaryl/α,β-unsaturated/α-hetero) is 1. The van der Waals surface area contributed by atoms with Crippen LogP contribution < -0.4 is 4.90 Å². The van der Waals surface area contributed by atoms with Crippen LogP contribution in [0.4, 0.5) is 10.7 Å². The number of piperazine rings is 1. The van der Waals surface area contributed by atoms with Crippen molar-refractivity contribution in [1.29, 1.82) is 0 Å². The fraction of sp³-hybridized carbons (Fsp3) is 0.615. The molecule has 110 valence electrons. The minimum absolute atomic E-state index is 0.0455. The van der Waals surface area contributed by atoms with Gasteiger partial charge in [0.05, 0.1) is 9.80 Å². The van der Waals surface area contributed by atoms with Gasteiger partial charge in [0.1, 0.15) is 0 Å². The first-order valence-corrected chi connectivity index (χ1v) is 7.39. The molecular formula is C13H19N3O3S. The summed E-state index contributed by atoms with van der Waals surface area (Å²) in [6, 6.07) is 2.04.